The molecule has 1 fully saturated rings. The lowest BCUT2D eigenvalue weighted by atomic mass is 9.93. The van der Waals surface area contributed by atoms with E-state index in [1.54, 1.807) is 0 Å². The first-order valence-electron chi connectivity index (χ1n) is 14.1. The van der Waals surface area contributed by atoms with Crippen LogP contribution in [0.2, 0.25) is 0 Å². The highest BCUT2D eigenvalue weighted by atomic mass is 32.2. The molecule has 0 bridgehead atoms. The van der Waals surface area contributed by atoms with Crippen LogP contribution in [0.1, 0.15) is 73.4 Å². The third kappa shape index (κ3) is 8.27. The number of rotatable bonds is 8. The Labute approximate surface area is 250 Å². The van der Waals surface area contributed by atoms with Gasteiger partial charge in [-0.1, -0.05) is 38.7 Å². The molecule has 0 saturated heterocycles. The summed E-state index contributed by atoms with van der Waals surface area (Å²) in [5, 5.41) is 3.25. The molecule has 0 spiro atoms. The van der Waals surface area contributed by atoms with E-state index in [1.807, 2.05) is 6.92 Å². The number of nitrogens with one attached hydrogen (secondary N) is 2. The maximum atomic E-state index is 13.3. The van der Waals surface area contributed by atoms with Gasteiger partial charge in [0, 0.05) is 22.6 Å². The maximum Gasteiger partial charge on any atom is 0.416 e. The Kier molecular flexibility index (Phi) is 9.91. The number of amides is 2. The van der Waals surface area contributed by atoms with E-state index in [9.17, 15) is 44.3 Å². The number of halogens is 6. The van der Waals surface area contributed by atoms with Gasteiger partial charge < -0.3 is 5.32 Å². The van der Waals surface area contributed by atoms with Crippen LogP contribution < -0.4 is 10.0 Å². The molecule has 1 saturated carbocycles. The molecule has 2 aromatic carbocycles. The van der Waals surface area contributed by atoms with E-state index in [-0.39, 0.29) is 34.2 Å². The summed E-state index contributed by atoms with van der Waals surface area (Å²) >= 11 is 0. The number of alkyl halides is 6. The van der Waals surface area contributed by atoms with Crippen molar-refractivity contribution >= 4 is 32.7 Å². The summed E-state index contributed by atoms with van der Waals surface area (Å²) in [6, 6.07) is 7.62. The third-order valence-corrected chi connectivity index (χ3v) is 8.87. The van der Waals surface area contributed by atoms with E-state index in [0.717, 1.165) is 12.8 Å². The van der Waals surface area contributed by atoms with Gasteiger partial charge in [-0.15, -0.1) is 0 Å². The number of unbranched alkanes of at least 4 members (excludes halogenated alkanes) is 1. The number of fused-ring (bicyclic) bond motifs is 1. The van der Waals surface area contributed by atoms with Crippen molar-refractivity contribution in [3.63, 3.8) is 0 Å². The summed E-state index contributed by atoms with van der Waals surface area (Å²) < 4.78 is 107. The number of carbonyl (C=O) groups excluding carboxylic acids is 2. The Balaban J connectivity index is 1.57. The maximum absolute atomic E-state index is 13.3. The molecule has 1 aliphatic carbocycles. The molecule has 0 aliphatic heterocycles. The molecule has 0 radical (unpaired) electrons. The van der Waals surface area contributed by atoms with Gasteiger partial charge in [0.15, 0.2) is 0 Å². The van der Waals surface area contributed by atoms with E-state index in [1.165, 1.54) is 30.3 Å². The minimum absolute atomic E-state index is 0.0449. The molecule has 44 heavy (non-hydrogen) atoms. The predicted octanol–water partition coefficient (Wildman–Crippen LogP) is 6.86. The fourth-order valence-electron chi connectivity index (χ4n) is 5.19. The largest absolute Gasteiger partial charge is 0.416 e. The van der Waals surface area contributed by atoms with Gasteiger partial charge in [0.1, 0.15) is 0 Å². The lowest BCUT2D eigenvalue weighted by Gasteiger charge is -2.25. The molecule has 2 amide bonds. The van der Waals surface area contributed by atoms with Gasteiger partial charge in [-0.3, -0.25) is 14.3 Å². The minimum atomic E-state index is -5.00. The molecular formula is C30H31F6N3O4S. The lowest BCUT2D eigenvalue weighted by Crippen LogP contribution is -2.48. The molecular weight excluding hydrogens is 612 g/mol. The van der Waals surface area contributed by atoms with Gasteiger partial charge in [-0.2, -0.15) is 26.3 Å². The van der Waals surface area contributed by atoms with E-state index in [0.29, 0.717) is 49.6 Å². The van der Waals surface area contributed by atoms with Crippen LogP contribution in [0.3, 0.4) is 0 Å². The Hall–Kier alpha value is -3.68. The number of hydrogen-bond donors (Lipinski definition) is 2. The SMILES string of the molecule is CCCCS(=O)(=O)NC(=O)C1CCCCC[C@@H]1NC(=O)c1ccc2nc(-c3cc(C(F)(F)F)cc(C(F)(F)F)c3)ccc2c1. The van der Waals surface area contributed by atoms with E-state index >= 15 is 0 Å². The zero-order valence-electron chi connectivity index (χ0n) is 23.7. The average molecular weight is 644 g/mol. The smallest absolute Gasteiger partial charge is 0.349 e. The zero-order valence-corrected chi connectivity index (χ0v) is 24.5. The van der Waals surface area contributed by atoms with Crippen LogP contribution in [0.5, 0.6) is 0 Å². The van der Waals surface area contributed by atoms with Crippen molar-refractivity contribution in [2.45, 2.75) is 70.3 Å². The van der Waals surface area contributed by atoms with Crippen LogP contribution in [-0.2, 0) is 27.2 Å². The molecule has 1 aliphatic rings. The summed E-state index contributed by atoms with van der Waals surface area (Å²) in [5.74, 6) is -2.12. The molecule has 4 rings (SSSR count). The standard InChI is InChI=1S/C30H31F6N3O4S/c1-2-3-13-44(42,43)39-28(41)23-7-5-4-6-8-26(23)38-27(40)19-10-12-24-18(14-19)9-11-25(37-24)20-15-21(29(31,32)33)17-22(16-20)30(34,35)36/h9-12,14-17,23,26H,2-8,13H2,1H3,(H,38,40)(H,39,41)/t23?,26-/m0/s1. The van der Waals surface area contributed by atoms with Crippen molar-refractivity contribution in [1.82, 2.24) is 15.0 Å². The van der Waals surface area contributed by atoms with Crippen molar-refractivity contribution in [3.05, 3.63) is 65.2 Å². The summed E-state index contributed by atoms with van der Waals surface area (Å²) in [7, 11) is -3.81. The summed E-state index contributed by atoms with van der Waals surface area (Å²) in [5.41, 5.74) is -2.99. The van der Waals surface area contributed by atoms with Crippen molar-refractivity contribution in [2.75, 3.05) is 5.75 Å². The number of aromatic nitrogens is 1. The number of hydrogen-bond acceptors (Lipinski definition) is 5. The number of benzene rings is 2. The first-order valence-corrected chi connectivity index (χ1v) is 15.8. The van der Waals surface area contributed by atoms with Crippen LogP contribution in [0, 0.1) is 5.92 Å². The summed E-state index contributed by atoms with van der Waals surface area (Å²) in [4.78, 5) is 30.4. The molecule has 238 valence electrons. The lowest BCUT2D eigenvalue weighted by molar-refractivity contribution is -0.143. The van der Waals surface area contributed by atoms with Crippen molar-refractivity contribution < 1.29 is 44.3 Å². The first-order chi connectivity index (χ1) is 20.6. The Morgan fingerprint density at radius 2 is 1.55 bits per heavy atom. The van der Waals surface area contributed by atoms with Gasteiger partial charge in [0.2, 0.25) is 15.9 Å². The van der Waals surface area contributed by atoms with Gasteiger partial charge in [0.25, 0.3) is 5.91 Å². The van der Waals surface area contributed by atoms with E-state index < -0.39 is 57.3 Å². The fourth-order valence-corrected chi connectivity index (χ4v) is 6.42. The molecule has 2 atom stereocenters. The molecule has 2 N–H and O–H groups in total. The number of sulfonamides is 1. The number of pyridine rings is 1. The van der Waals surface area contributed by atoms with Crippen LogP contribution in [-0.4, -0.2) is 37.0 Å². The van der Waals surface area contributed by atoms with E-state index in [2.05, 4.69) is 15.0 Å². The summed E-state index contributed by atoms with van der Waals surface area (Å²) in [6.45, 7) is 1.83. The third-order valence-electron chi connectivity index (χ3n) is 7.53. The van der Waals surface area contributed by atoms with Crippen molar-refractivity contribution in [1.29, 1.82) is 0 Å². The number of nitrogens with zero attached hydrogens (tertiary/aromatic N) is 1. The molecule has 7 nitrogen and oxygen atoms in total. The Morgan fingerprint density at radius 1 is 0.886 bits per heavy atom. The van der Waals surface area contributed by atoms with Crippen LogP contribution in [0.4, 0.5) is 26.3 Å². The van der Waals surface area contributed by atoms with Crippen LogP contribution >= 0.6 is 0 Å². The highest BCUT2D eigenvalue weighted by Gasteiger charge is 2.37. The topological polar surface area (TPSA) is 105 Å². The minimum Gasteiger partial charge on any atom is -0.349 e. The monoisotopic (exact) mass is 643 g/mol. The predicted molar refractivity (Wildman–Crippen MR) is 152 cm³/mol. The number of carbonyl (C=O) groups is 2. The fraction of sp³-hybridized carbons (Fsp3) is 0.433. The van der Waals surface area contributed by atoms with Gasteiger partial charge in [-0.25, -0.2) is 13.4 Å². The second-order valence-corrected chi connectivity index (χ2v) is 12.7. The Morgan fingerprint density at radius 3 is 2.18 bits per heavy atom. The van der Waals surface area contributed by atoms with Gasteiger partial charge in [0.05, 0.1) is 34.0 Å². The molecule has 1 unspecified atom stereocenters. The highest BCUT2D eigenvalue weighted by molar-refractivity contribution is 7.90. The highest BCUT2D eigenvalue weighted by Crippen LogP contribution is 2.38. The quantitative estimate of drug-likeness (QED) is 0.206. The van der Waals surface area contributed by atoms with Crippen LogP contribution in [0.25, 0.3) is 22.2 Å². The zero-order chi connectivity index (χ0) is 32.3. The first kappa shape index (κ1) is 33.2. The molecule has 3 aromatic rings. The van der Waals surface area contributed by atoms with Crippen LogP contribution in [0.15, 0.2) is 48.5 Å². The Bertz CT molecular complexity index is 1610. The molecule has 14 heteroatoms. The van der Waals surface area contributed by atoms with Gasteiger partial charge in [-0.05, 0) is 61.7 Å². The molecule has 1 aromatic heterocycles. The molecule has 1 heterocycles. The van der Waals surface area contributed by atoms with Crippen molar-refractivity contribution in [3.8, 4) is 11.3 Å². The summed E-state index contributed by atoms with van der Waals surface area (Å²) in [6.07, 6.45) is -5.86. The normalized spacial score (nSPS) is 18.1. The van der Waals surface area contributed by atoms with Gasteiger partial charge >= 0.3 is 12.4 Å². The second-order valence-electron chi connectivity index (χ2n) is 10.9. The second kappa shape index (κ2) is 13.1. The van der Waals surface area contributed by atoms with Crippen molar-refractivity contribution in [2.24, 2.45) is 5.92 Å². The average Bonchev–Trinajstić information content (AvgIpc) is 3.19. The van der Waals surface area contributed by atoms with E-state index in [4.69, 9.17) is 0 Å².